The summed E-state index contributed by atoms with van der Waals surface area (Å²) in [5, 5.41) is 5.27. The molecule has 0 aromatic heterocycles. The molecule has 29 heavy (non-hydrogen) atoms. The second kappa shape index (κ2) is 7.51. The molecule has 2 bridgehead atoms. The summed E-state index contributed by atoms with van der Waals surface area (Å²) in [6.45, 7) is -0.323. The van der Waals surface area contributed by atoms with Crippen molar-refractivity contribution in [3.05, 3.63) is 34.9 Å². The van der Waals surface area contributed by atoms with Gasteiger partial charge in [-0.05, 0) is 36.0 Å². The molecule has 4 rings (SSSR count). The molecule has 0 unspecified atom stereocenters. The minimum absolute atomic E-state index is 0.127. The number of rotatable bonds is 6. The third-order valence-electron chi connectivity index (χ3n) is 5.58. The first-order valence-corrected chi connectivity index (χ1v) is 9.49. The number of ether oxygens (including phenoxy) is 3. The number of hydrogen-bond acceptors (Lipinski definition) is 7. The van der Waals surface area contributed by atoms with Gasteiger partial charge in [0.15, 0.2) is 18.1 Å². The van der Waals surface area contributed by atoms with Crippen LogP contribution in [0.4, 0.5) is 0 Å². The van der Waals surface area contributed by atoms with Crippen LogP contribution < -0.4 is 9.47 Å². The number of halogens is 1. The van der Waals surface area contributed by atoms with Crippen molar-refractivity contribution in [1.82, 2.24) is 5.01 Å². The summed E-state index contributed by atoms with van der Waals surface area (Å²) in [6.07, 6.45) is 6.30. The highest BCUT2D eigenvalue weighted by atomic mass is 35.5. The molecule has 1 aromatic carbocycles. The molecule has 1 heterocycles. The number of hydrazone groups is 1. The van der Waals surface area contributed by atoms with Crippen LogP contribution >= 0.6 is 11.6 Å². The monoisotopic (exact) mass is 418 g/mol. The smallest absolute Gasteiger partial charge is 0.343 e. The first-order chi connectivity index (χ1) is 13.9. The minimum atomic E-state index is -0.561. The summed E-state index contributed by atoms with van der Waals surface area (Å²) in [5.41, 5.74) is 0.510. The summed E-state index contributed by atoms with van der Waals surface area (Å²) >= 11 is 6.24. The van der Waals surface area contributed by atoms with E-state index in [1.165, 1.54) is 26.5 Å². The van der Waals surface area contributed by atoms with Gasteiger partial charge < -0.3 is 14.2 Å². The molecule has 0 spiro atoms. The first kappa shape index (κ1) is 19.4. The second-order valence-electron chi connectivity index (χ2n) is 7.13. The van der Waals surface area contributed by atoms with Gasteiger partial charge in [0.1, 0.15) is 0 Å². The number of fused-ring (bicyclic) bond motifs is 5. The molecule has 152 valence electrons. The van der Waals surface area contributed by atoms with Gasteiger partial charge in [0.2, 0.25) is 0 Å². The maximum Gasteiger partial charge on any atom is 0.343 e. The fraction of sp³-hybridized carbons (Fsp3) is 0.400. The SMILES string of the molecule is COC(=O)COc1c(Cl)cc(/C=N\N2C(=O)[C@@H]3[C@H](C2=O)[C@H]2C=C[C@H]3C2)cc1OC. The Morgan fingerprint density at radius 3 is 2.45 bits per heavy atom. The molecule has 0 N–H and O–H groups in total. The minimum Gasteiger partial charge on any atom is -0.493 e. The van der Waals surface area contributed by atoms with Crippen molar-refractivity contribution in [2.75, 3.05) is 20.8 Å². The van der Waals surface area contributed by atoms with Gasteiger partial charge in [-0.2, -0.15) is 10.1 Å². The lowest BCUT2D eigenvalue weighted by Gasteiger charge is -2.13. The van der Waals surface area contributed by atoms with Crippen molar-refractivity contribution in [2.45, 2.75) is 6.42 Å². The Morgan fingerprint density at radius 1 is 1.21 bits per heavy atom. The first-order valence-electron chi connectivity index (χ1n) is 9.12. The number of imide groups is 1. The lowest BCUT2D eigenvalue weighted by Crippen LogP contribution is -2.28. The molecule has 2 fully saturated rings. The molecule has 1 saturated heterocycles. The number of carbonyl (C=O) groups excluding carboxylic acids is 3. The van der Waals surface area contributed by atoms with Crippen molar-refractivity contribution < 1.29 is 28.6 Å². The zero-order valence-electron chi connectivity index (χ0n) is 15.8. The van der Waals surface area contributed by atoms with Gasteiger partial charge in [-0.25, -0.2) is 4.79 Å². The van der Waals surface area contributed by atoms with E-state index in [4.69, 9.17) is 21.1 Å². The molecule has 0 radical (unpaired) electrons. The molecule has 2 aliphatic carbocycles. The van der Waals surface area contributed by atoms with Crippen LogP contribution in [-0.2, 0) is 19.1 Å². The Morgan fingerprint density at radius 2 is 1.86 bits per heavy atom. The maximum absolute atomic E-state index is 12.7. The number of carbonyl (C=O) groups is 3. The highest BCUT2D eigenvalue weighted by molar-refractivity contribution is 6.32. The Hall–Kier alpha value is -2.87. The van der Waals surface area contributed by atoms with E-state index in [9.17, 15) is 14.4 Å². The van der Waals surface area contributed by atoms with E-state index in [0.717, 1.165) is 11.4 Å². The number of nitrogens with zero attached hydrogens (tertiary/aromatic N) is 2. The molecule has 4 atom stereocenters. The van der Waals surface area contributed by atoms with E-state index in [1.807, 2.05) is 12.2 Å². The molecule has 9 heteroatoms. The fourth-order valence-electron chi connectivity index (χ4n) is 4.27. The summed E-state index contributed by atoms with van der Waals surface area (Å²) < 4.78 is 15.2. The average molecular weight is 419 g/mol. The predicted molar refractivity (Wildman–Crippen MR) is 103 cm³/mol. The maximum atomic E-state index is 12.7. The van der Waals surface area contributed by atoms with Crippen LogP contribution in [0.2, 0.25) is 5.02 Å². The third kappa shape index (κ3) is 3.27. The number of amides is 2. The van der Waals surface area contributed by atoms with Gasteiger partial charge in [-0.1, -0.05) is 23.8 Å². The molecular weight excluding hydrogens is 400 g/mol. The molecule has 3 aliphatic rings. The van der Waals surface area contributed by atoms with Crippen LogP contribution in [0.1, 0.15) is 12.0 Å². The van der Waals surface area contributed by atoms with Gasteiger partial charge in [0, 0.05) is 0 Å². The average Bonchev–Trinajstić information content (AvgIpc) is 3.39. The predicted octanol–water partition coefficient (Wildman–Crippen LogP) is 2.04. The topological polar surface area (TPSA) is 94.5 Å². The Kier molecular flexibility index (Phi) is 5.04. The summed E-state index contributed by atoms with van der Waals surface area (Å²) in [7, 11) is 2.68. The number of methoxy groups -OCH3 is 2. The van der Waals surface area contributed by atoms with Gasteiger partial charge in [0.25, 0.3) is 11.8 Å². The summed E-state index contributed by atoms with van der Waals surface area (Å²) in [5.74, 6) is -0.973. The molecule has 1 aromatic rings. The van der Waals surface area contributed by atoms with Gasteiger partial charge in [-0.3, -0.25) is 9.59 Å². The van der Waals surface area contributed by atoms with Crippen LogP contribution in [0, 0.1) is 23.7 Å². The number of allylic oxidation sites excluding steroid dienone is 2. The molecule has 2 amide bonds. The number of benzene rings is 1. The van der Waals surface area contributed by atoms with Crippen LogP contribution in [0.15, 0.2) is 29.4 Å². The highest BCUT2D eigenvalue weighted by Crippen LogP contribution is 2.52. The normalized spacial score (nSPS) is 27.1. The zero-order chi connectivity index (χ0) is 20.7. The Bertz CT molecular complexity index is 913. The van der Waals surface area contributed by atoms with Crippen LogP contribution in [-0.4, -0.2) is 49.8 Å². The van der Waals surface area contributed by atoms with Crippen LogP contribution in [0.3, 0.4) is 0 Å². The summed E-state index contributed by atoms with van der Waals surface area (Å²) in [4.78, 5) is 36.6. The summed E-state index contributed by atoms with van der Waals surface area (Å²) in [6, 6.07) is 3.12. The van der Waals surface area contributed by atoms with Crippen LogP contribution in [0.25, 0.3) is 0 Å². The lowest BCUT2D eigenvalue weighted by atomic mass is 9.85. The van der Waals surface area contributed by atoms with E-state index < -0.39 is 5.97 Å². The van der Waals surface area contributed by atoms with Gasteiger partial charge >= 0.3 is 5.97 Å². The second-order valence-corrected chi connectivity index (χ2v) is 7.54. The Balaban J connectivity index is 1.53. The van der Waals surface area contributed by atoms with E-state index in [0.29, 0.717) is 5.56 Å². The van der Waals surface area contributed by atoms with Crippen molar-refractivity contribution >= 4 is 35.6 Å². The quantitative estimate of drug-likeness (QED) is 0.304. The fourth-order valence-corrected chi connectivity index (χ4v) is 4.54. The Labute approximate surface area is 172 Å². The number of esters is 1. The molecular formula is C20H19ClN2O6. The van der Waals surface area contributed by atoms with E-state index in [-0.39, 0.29) is 58.6 Å². The zero-order valence-corrected chi connectivity index (χ0v) is 16.6. The van der Waals surface area contributed by atoms with E-state index in [1.54, 1.807) is 6.07 Å². The lowest BCUT2D eigenvalue weighted by molar-refractivity contribution is -0.143. The van der Waals surface area contributed by atoms with Crippen molar-refractivity contribution in [3.8, 4) is 11.5 Å². The number of hydrogen-bond donors (Lipinski definition) is 0. The van der Waals surface area contributed by atoms with Crippen molar-refractivity contribution in [2.24, 2.45) is 28.8 Å². The third-order valence-corrected chi connectivity index (χ3v) is 5.86. The molecule has 1 saturated carbocycles. The van der Waals surface area contributed by atoms with Crippen LogP contribution in [0.5, 0.6) is 11.5 Å². The highest BCUT2D eigenvalue weighted by Gasteiger charge is 2.59. The van der Waals surface area contributed by atoms with Gasteiger partial charge in [0.05, 0.1) is 37.3 Å². The standard InChI is InChI=1S/C20H19ClN2O6/c1-27-14-6-10(5-13(21)18(14)29-9-15(24)28-2)8-22-23-19(25)16-11-3-4-12(7-11)17(16)20(23)26/h3-6,8,11-12,16-17H,7,9H2,1-2H3/b22-8-/t11-,12-,16-,17+/m0/s1. The van der Waals surface area contributed by atoms with Crippen molar-refractivity contribution in [1.29, 1.82) is 0 Å². The van der Waals surface area contributed by atoms with Crippen molar-refractivity contribution in [3.63, 3.8) is 0 Å². The van der Waals surface area contributed by atoms with E-state index in [2.05, 4.69) is 9.84 Å². The molecule has 1 aliphatic heterocycles. The van der Waals surface area contributed by atoms with E-state index >= 15 is 0 Å². The largest absolute Gasteiger partial charge is 0.493 e. The van der Waals surface area contributed by atoms with Gasteiger partial charge in [-0.15, -0.1) is 0 Å². The molecule has 8 nitrogen and oxygen atoms in total.